The highest BCUT2D eigenvalue weighted by Crippen LogP contribution is 2.48. The van der Waals surface area contributed by atoms with E-state index in [0.29, 0.717) is 48.6 Å². The van der Waals surface area contributed by atoms with Crippen molar-refractivity contribution in [2.75, 3.05) is 36.9 Å². The second-order valence-electron chi connectivity index (χ2n) is 11.3. The van der Waals surface area contributed by atoms with Gasteiger partial charge in [0, 0.05) is 32.3 Å². The first-order valence-electron chi connectivity index (χ1n) is 14.3. The van der Waals surface area contributed by atoms with Gasteiger partial charge >= 0.3 is 5.69 Å². The fraction of sp³-hybridized carbons (Fsp3) is 0.323. The van der Waals surface area contributed by atoms with Crippen molar-refractivity contribution in [1.29, 1.82) is 0 Å². The van der Waals surface area contributed by atoms with Gasteiger partial charge in [-0.15, -0.1) is 0 Å². The molecule has 45 heavy (non-hydrogen) atoms. The van der Waals surface area contributed by atoms with Crippen LogP contribution in [0.4, 0.5) is 15.9 Å². The number of nitrogens with zero attached hydrogens (tertiary/aromatic N) is 6. The van der Waals surface area contributed by atoms with Crippen molar-refractivity contribution < 1.29 is 13.9 Å². The molecule has 1 amide bonds. The number of aromatic nitrogens is 4. The normalized spacial score (nSPS) is 16.3. The van der Waals surface area contributed by atoms with Gasteiger partial charge in [-0.3, -0.25) is 9.78 Å². The van der Waals surface area contributed by atoms with Crippen molar-refractivity contribution >= 4 is 63.2 Å². The molecule has 0 aliphatic carbocycles. The number of aryl methyl sites for hydroxylation is 1. The fourth-order valence-corrected chi connectivity index (χ4v) is 6.77. The molecule has 10 nitrogen and oxygen atoms in total. The second-order valence-corrected chi connectivity index (χ2v) is 12.5. The molecule has 3 aromatic heterocycles. The van der Waals surface area contributed by atoms with Crippen LogP contribution in [0.15, 0.2) is 35.8 Å². The fourth-order valence-electron chi connectivity index (χ4n) is 6.02. The molecule has 0 saturated carbocycles. The van der Waals surface area contributed by atoms with Gasteiger partial charge in [0.25, 0.3) is 0 Å². The van der Waals surface area contributed by atoms with Gasteiger partial charge in [0.2, 0.25) is 5.91 Å². The smallest absolute Gasteiger partial charge is 0.355 e. The lowest BCUT2D eigenvalue weighted by Gasteiger charge is -2.43. The zero-order valence-corrected chi connectivity index (χ0v) is 27.0. The van der Waals surface area contributed by atoms with E-state index >= 15 is 4.39 Å². The average Bonchev–Trinajstić information content (AvgIpc) is 3.00. The number of benzene rings is 1. The molecule has 14 heteroatoms. The van der Waals surface area contributed by atoms with Crippen molar-refractivity contribution in [3.63, 3.8) is 0 Å². The molecule has 5 heterocycles. The Labute approximate surface area is 273 Å². The number of hydrogen-bond donors (Lipinski definition) is 1. The molecule has 1 aromatic carbocycles. The topological polar surface area (TPSA) is 119 Å². The van der Waals surface area contributed by atoms with Crippen LogP contribution < -0.4 is 21.1 Å². The molecule has 6 rings (SSSR count). The largest absolute Gasteiger partial charge is 0.491 e. The number of fused-ring (bicyclic) bond motifs is 2. The van der Waals surface area contributed by atoms with Gasteiger partial charge < -0.3 is 20.3 Å². The minimum atomic E-state index is -0.878. The number of carbonyl (C=O) groups excluding carboxylic acids is 1. The first-order valence-corrected chi connectivity index (χ1v) is 15.4. The Hall–Kier alpha value is -3.93. The number of pyridine rings is 2. The van der Waals surface area contributed by atoms with Crippen LogP contribution in [0.5, 0.6) is 5.75 Å². The number of nitrogen functional groups attached to an aromatic ring is 1. The van der Waals surface area contributed by atoms with Crippen molar-refractivity contribution in [2.45, 2.75) is 39.2 Å². The molecule has 234 valence electrons. The number of rotatable bonds is 4. The number of piperazine rings is 1. The maximum absolute atomic E-state index is 15.7. The van der Waals surface area contributed by atoms with Gasteiger partial charge in [0.15, 0.2) is 17.2 Å². The summed E-state index contributed by atoms with van der Waals surface area (Å²) in [6, 6.07) is 2.75. The minimum Gasteiger partial charge on any atom is -0.491 e. The van der Waals surface area contributed by atoms with E-state index in [2.05, 4.69) is 16.5 Å². The lowest BCUT2D eigenvalue weighted by Crippen LogP contribution is -2.56. The third-order valence-electron chi connectivity index (χ3n) is 8.21. The van der Waals surface area contributed by atoms with Crippen molar-refractivity contribution in [3.8, 4) is 22.7 Å². The molecule has 2 N–H and O–H groups in total. The van der Waals surface area contributed by atoms with Gasteiger partial charge in [-0.05, 0) is 36.6 Å². The molecule has 1 atom stereocenters. The predicted octanol–water partition coefficient (Wildman–Crippen LogP) is 5.94. The van der Waals surface area contributed by atoms with E-state index < -0.39 is 11.5 Å². The predicted molar refractivity (Wildman–Crippen MR) is 175 cm³/mol. The minimum absolute atomic E-state index is 0.00531. The summed E-state index contributed by atoms with van der Waals surface area (Å²) in [6.07, 6.45) is 3.42. The zero-order chi connectivity index (χ0) is 32.3. The van der Waals surface area contributed by atoms with Crippen LogP contribution in [-0.4, -0.2) is 62.6 Å². The summed E-state index contributed by atoms with van der Waals surface area (Å²) in [5, 5.41) is 0.0245. The highest BCUT2D eigenvalue weighted by atomic mass is 35.5. The van der Waals surface area contributed by atoms with Crippen LogP contribution in [-0.2, 0) is 4.79 Å². The lowest BCUT2D eigenvalue weighted by atomic mass is 10.0. The number of halogens is 4. The summed E-state index contributed by atoms with van der Waals surface area (Å²) in [5.74, 6) is -0.699. The van der Waals surface area contributed by atoms with Crippen LogP contribution in [0.25, 0.3) is 28.0 Å². The monoisotopic (exact) mass is 671 g/mol. The molecule has 2 aliphatic heterocycles. The Morgan fingerprint density at radius 2 is 1.98 bits per heavy atom. The van der Waals surface area contributed by atoms with E-state index in [1.807, 2.05) is 25.7 Å². The van der Waals surface area contributed by atoms with E-state index in [1.54, 1.807) is 17.2 Å². The summed E-state index contributed by atoms with van der Waals surface area (Å²) in [5.41, 5.74) is 7.16. The zero-order valence-electron chi connectivity index (χ0n) is 24.7. The Morgan fingerprint density at radius 1 is 1.22 bits per heavy atom. The van der Waals surface area contributed by atoms with Crippen molar-refractivity contribution in [3.05, 3.63) is 73.6 Å². The van der Waals surface area contributed by atoms with Gasteiger partial charge in [0.05, 0.1) is 45.3 Å². The van der Waals surface area contributed by atoms with Gasteiger partial charge in [0.1, 0.15) is 21.9 Å². The standard InChI is InChI=1S/C31H29Cl3FN7O3/c1-5-19(43)40-9-10-41-16(13-40)7-11-45-28-21-29(41)39-31(44)42(27-15(4)6-8-37-25(27)14(2)3)30(21)38-26(22(28)34)20-23(35)17(32)12-18(33)24(20)36/h5-6,8,12,14,16H,1,7,9-11,13,36H2,2-4H3. The van der Waals surface area contributed by atoms with E-state index in [1.165, 1.54) is 16.7 Å². The third kappa shape index (κ3) is 5.07. The number of ether oxygens (including phenoxy) is 1. The Morgan fingerprint density at radius 3 is 2.69 bits per heavy atom. The Kier molecular flexibility index (Phi) is 8.13. The van der Waals surface area contributed by atoms with Crippen LogP contribution in [0.2, 0.25) is 15.1 Å². The summed E-state index contributed by atoms with van der Waals surface area (Å²) in [7, 11) is 0. The number of anilines is 2. The molecular weight excluding hydrogens is 644 g/mol. The first-order chi connectivity index (χ1) is 21.4. The van der Waals surface area contributed by atoms with Gasteiger partial charge in [-0.2, -0.15) is 4.98 Å². The summed E-state index contributed by atoms with van der Waals surface area (Å²) < 4.78 is 23.4. The SMILES string of the molecule is C=CC(=O)N1CCN2c3nc(=O)n(-c4c(C)ccnc4C(C)C)c4nc(-c5c(N)c(Cl)cc(Cl)c5F)c(Cl)c(c34)OCCC2C1. The molecule has 2 aliphatic rings. The average molecular weight is 673 g/mol. The molecule has 1 fully saturated rings. The van der Waals surface area contributed by atoms with Crippen LogP contribution >= 0.6 is 34.8 Å². The molecule has 1 unspecified atom stereocenters. The first kappa shape index (κ1) is 31.1. The third-order valence-corrected chi connectivity index (χ3v) is 9.15. The second kappa shape index (κ2) is 11.8. The molecule has 0 bridgehead atoms. The molecule has 1 saturated heterocycles. The summed E-state index contributed by atoms with van der Waals surface area (Å²) >= 11 is 19.5. The number of hydrogen-bond acceptors (Lipinski definition) is 8. The van der Waals surface area contributed by atoms with E-state index in [9.17, 15) is 9.59 Å². The van der Waals surface area contributed by atoms with Crippen LogP contribution in [0, 0.1) is 12.7 Å². The highest BCUT2D eigenvalue weighted by Gasteiger charge is 2.36. The van der Waals surface area contributed by atoms with Crippen molar-refractivity contribution in [1.82, 2.24) is 24.4 Å². The molecule has 0 spiro atoms. The van der Waals surface area contributed by atoms with Crippen molar-refractivity contribution in [2.24, 2.45) is 0 Å². The quantitative estimate of drug-likeness (QED) is 0.161. The Balaban J connectivity index is 1.74. The van der Waals surface area contributed by atoms with Crippen LogP contribution in [0.3, 0.4) is 0 Å². The lowest BCUT2D eigenvalue weighted by molar-refractivity contribution is -0.126. The Bertz CT molecular complexity index is 1940. The highest BCUT2D eigenvalue weighted by molar-refractivity contribution is 6.39. The van der Waals surface area contributed by atoms with Gasteiger partial charge in [-0.25, -0.2) is 18.7 Å². The van der Waals surface area contributed by atoms with Crippen LogP contribution in [0.1, 0.15) is 37.4 Å². The summed E-state index contributed by atoms with van der Waals surface area (Å²) in [4.78, 5) is 44.4. The van der Waals surface area contributed by atoms with E-state index in [4.69, 9.17) is 50.3 Å². The van der Waals surface area contributed by atoms with Gasteiger partial charge in [-0.1, -0.05) is 55.2 Å². The number of carbonyl (C=O) groups is 1. The molecule has 4 aromatic rings. The van der Waals surface area contributed by atoms with E-state index in [-0.39, 0.29) is 67.9 Å². The molecule has 0 radical (unpaired) electrons. The number of nitrogens with two attached hydrogens (primary N) is 1. The summed E-state index contributed by atoms with van der Waals surface area (Å²) in [6.45, 7) is 10.7. The van der Waals surface area contributed by atoms with E-state index in [0.717, 1.165) is 5.56 Å². The number of amides is 1. The maximum atomic E-state index is 15.7. The molecular formula is C31H29Cl3FN7O3. The maximum Gasteiger partial charge on any atom is 0.355 e.